The van der Waals surface area contributed by atoms with E-state index in [0.29, 0.717) is 16.7 Å². The molecule has 14 heavy (non-hydrogen) atoms. The fourth-order valence-corrected chi connectivity index (χ4v) is 1.99. The van der Waals surface area contributed by atoms with Gasteiger partial charge in [-0.25, -0.2) is 0 Å². The standard InChI is InChI=1S/C9H13O4P/c1-6-3-8(5-14(11,12)13)4-7(2)9(6)10/h3-4,10H,5H2,1-2H3,(H2,11,12,13)/p-2. The number of aromatic hydroxyl groups is 1. The first-order chi connectivity index (χ1) is 6.29. The summed E-state index contributed by atoms with van der Waals surface area (Å²) in [5.41, 5.74) is 1.58. The molecule has 0 bridgehead atoms. The molecule has 0 aliphatic heterocycles. The maximum absolute atomic E-state index is 10.5. The number of hydrogen-bond donors (Lipinski definition) is 1. The SMILES string of the molecule is Cc1cc(CP(=O)([O-])[O-])cc(C)c1O. The van der Waals surface area contributed by atoms with E-state index in [1.54, 1.807) is 13.8 Å². The molecule has 0 saturated carbocycles. The molecule has 0 heterocycles. The number of benzene rings is 1. The zero-order chi connectivity index (χ0) is 10.9. The summed E-state index contributed by atoms with van der Waals surface area (Å²) < 4.78 is 10.5. The van der Waals surface area contributed by atoms with E-state index in [1.807, 2.05) is 0 Å². The van der Waals surface area contributed by atoms with Crippen molar-refractivity contribution in [2.75, 3.05) is 0 Å². The number of rotatable bonds is 2. The van der Waals surface area contributed by atoms with Gasteiger partial charge in [0.15, 0.2) is 0 Å². The van der Waals surface area contributed by atoms with E-state index >= 15 is 0 Å². The van der Waals surface area contributed by atoms with Crippen LogP contribution < -0.4 is 9.79 Å². The summed E-state index contributed by atoms with van der Waals surface area (Å²) in [5, 5.41) is 9.40. The van der Waals surface area contributed by atoms with Crippen LogP contribution in [-0.4, -0.2) is 5.11 Å². The summed E-state index contributed by atoms with van der Waals surface area (Å²) in [7, 11) is -4.52. The molecule has 0 aromatic heterocycles. The first-order valence-electron chi connectivity index (χ1n) is 4.10. The largest absolute Gasteiger partial charge is 0.810 e. The summed E-state index contributed by atoms with van der Waals surface area (Å²) in [4.78, 5) is 21.0. The van der Waals surface area contributed by atoms with Gasteiger partial charge in [0.25, 0.3) is 0 Å². The van der Waals surface area contributed by atoms with E-state index in [4.69, 9.17) is 0 Å². The Bertz CT molecular complexity index is 371. The van der Waals surface area contributed by atoms with E-state index in [-0.39, 0.29) is 5.75 Å². The molecule has 78 valence electrons. The number of phenolic OH excluding ortho intramolecular Hbond substituents is 1. The molecule has 0 atom stereocenters. The maximum atomic E-state index is 10.5. The molecule has 0 amide bonds. The highest BCUT2D eigenvalue weighted by Gasteiger charge is 2.04. The lowest BCUT2D eigenvalue weighted by Gasteiger charge is -2.29. The van der Waals surface area contributed by atoms with Crippen LogP contribution in [0.4, 0.5) is 0 Å². The highest BCUT2D eigenvalue weighted by Crippen LogP contribution is 2.32. The third kappa shape index (κ3) is 2.84. The maximum Gasteiger partial charge on any atom is 0.121 e. The van der Waals surface area contributed by atoms with Gasteiger partial charge in [-0.2, -0.15) is 0 Å². The molecular formula is C9H11O4P-2. The highest BCUT2D eigenvalue weighted by atomic mass is 31.2. The first-order valence-corrected chi connectivity index (χ1v) is 5.82. The number of phenols is 1. The zero-order valence-electron chi connectivity index (χ0n) is 7.98. The molecule has 5 heteroatoms. The molecule has 0 spiro atoms. The van der Waals surface area contributed by atoms with Crippen molar-refractivity contribution in [3.05, 3.63) is 28.8 Å². The molecule has 4 nitrogen and oxygen atoms in total. The van der Waals surface area contributed by atoms with Crippen molar-refractivity contribution in [3.8, 4) is 5.75 Å². The van der Waals surface area contributed by atoms with Gasteiger partial charge in [0.2, 0.25) is 0 Å². The van der Waals surface area contributed by atoms with Crippen molar-refractivity contribution < 1.29 is 19.5 Å². The van der Waals surface area contributed by atoms with Gasteiger partial charge in [0.1, 0.15) is 5.75 Å². The quantitative estimate of drug-likeness (QED) is 0.723. The monoisotopic (exact) mass is 214 g/mol. The smallest absolute Gasteiger partial charge is 0.121 e. The Labute approximate surface area is 82.4 Å². The Morgan fingerprint density at radius 1 is 1.29 bits per heavy atom. The zero-order valence-corrected chi connectivity index (χ0v) is 8.88. The van der Waals surface area contributed by atoms with Crippen molar-refractivity contribution in [1.29, 1.82) is 0 Å². The van der Waals surface area contributed by atoms with Gasteiger partial charge in [0.05, 0.1) is 0 Å². The van der Waals surface area contributed by atoms with Crippen LogP contribution in [0.25, 0.3) is 0 Å². The molecule has 0 aliphatic rings. The highest BCUT2D eigenvalue weighted by molar-refractivity contribution is 7.47. The molecule has 1 N–H and O–H groups in total. The average molecular weight is 214 g/mol. The lowest BCUT2D eigenvalue weighted by atomic mass is 10.1. The molecule has 0 fully saturated rings. The van der Waals surface area contributed by atoms with Crippen molar-refractivity contribution in [1.82, 2.24) is 0 Å². The van der Waals surface area contributed by atoms with Gasteiger partial charge in [-0.05, 0) is 30.5 Å². The second-order valence-corrected chi connectivity index (χ2v) is 4.89. The van der Waals surface area contributed by atoms with E-state index in [9.17, 15) is 19.5 Å². The summed E-state index contributed by atoms with van der Waals surface area (Å²) >= 11 is 0. The molecule has 1 aromatic rings. The Kier molecular flexibility index (Phi) is 3.00. The van der Waals surface area contributed by atoms with Gasteiger partial charge in [-0.3, -0.25) is 0 Å². The van der Waals surface area contributed by atoms with E-state index in [2.05, 4.69) is 0 Å². The van der Waals surface area contributed by atoms with E-state index < -0.39 is 13.8 Å². The van der Waals surface area contributed by atoms with E-state index in [1.165, 1.54) is 12.1 Å². The topological polar surface area (TPSA) is 83.4 Å². The Morgan fingerprint density at radius 2 is 1.71 bits per heavy atom. The van der Waals surface area contributed by atoms with Gasteiger partial charge in [-0.1, -0.05) is 19.7 Å². The summed E-state index contributed by atoms with van der Waals surface area (Å²) in [6.07, 6.45) is -0.505. The van der Waals surface area contributed by atoms with Crippen molar-refractivity contribution in [3.63, 3.8) is 0 Å². The normalized spacial score (nSPS) is 11.7. The molecule has 1 rings (SSSR count). The number of aryl methyl sites for hydroxylation is 2. The van der Waals surface area contributed by atoms with Crippen LogP contribution in [0, 0.1) is 13.8 Å². The van der Waals surface area contributed by atoms with Crippen molar-refractivity contribution in [2.45, 2.75) is 20.0 Å². The molecule has 0 saturated heterocycles. The molecule has 0 unspecified atom stereocenters. The molecule has 1 aromatic carbocycles. The summed E-state index contributed by atoms with van der Waals surface area (Å²) in [5.74, 6) is 0.139. The van der Waals surface area contributed by atoms with Crippen LogP contribution in [0.1, 0.15) is 16.7 Å². The fraction of sp³-hybridized carbons (Fsp3) is 0.333. The average Bonchev–Trinajstić information content (AvgIpc) is 1.96. The van der Waals surface area contributed by atoms with Crippen LogP contribution in [0.3, 0.4) is 0 Å². The minimum atomic E-state index is -4.52. The third-order valence-electron chi connectivity index (χ3n) is 1.93. The Morgan fingerprint density at radius 3 is 2.07 bits per heavy atom. The van der Waals surface area contributed by atoms with E-state index in [0.717, 1.165) is 0 Å². The van der Waals surface area contributed by atoms with Crippen molar-refractivity contribution in [2.24, 2.45) is 0 Å². The Hall–Kier alpha value is -0.830. The predicted octanol–water partition coefficient (Wildman–Crippen LogP) is 0.423. The van der Waals surface area contributed by atoms with Gasteiger partial charge in [0, 0.05) is 6.16 Å². The molecule has 0 aliphatic carbocycles. The van der Waals surface area contributed by atoms with Crippen molar-refractivity contribution >= 4 is 7.60 Å². The van der Waals surface area contributed by atoms with Crippen LogP contribution in [0.15, 0.2) is 12.1 Å². The van der Waals surface area contributed by atoms with Crippen LogP contribution in [-0.2, 0) is 10.7 Å². The third-order valence-corrected chi connectivity index (χ3v) is 2.68. The van der Waals surface area contributed by atoms with Crippen LogP contribution in [0.2, 0.25) is 0 Å². The molecular weight excluding hydrogens is 203 g/mol. The molecule has 0 radical (unpaired) electrons. The van der Waals surface area contributed by atoms with Gasteiger partial charge >= 0.3 is 0 Å². The lowest BCUT2D eigenvalue weighted by Crippen LogP contribution is -2.15. The second kappa shape index (κ2) is 3.73. The lowest BCUT2D eigenvalue weighted by molar-refractivity contribution is -0.314. The Balaban J connectivity index is 3.08. The minimum absolute atomic E-state index is 0.139. The summed E-state index contributed by atoms with van der Waals surface area (Å²) in [6, 6.07) is 3.01. The number of hydrogen-bond acceptors (Lipinski definition) is 4. The van der Waals surface area contributed by atoms with Crippen LogP contribution in [0.5, 0.6) is 5.75 Å². The fourth-order valence-electron chi connectivity index (χ4n) is 1.36. The first kappa shape index (κ1) is 11.2. The minimum Gasteiger partial charge on any atom is -0.810 e. The summed E-state index contributed by atoms with van der Waals surface area (Å²) in [6.45, 7) is 3.32. The van der Waals surface area contributed by atoms with Gasteiger partial charge in [-0.15, -0.1) is 0 Å². The van der Waals surface area contributed by atoms with Crippen LogP contribution >= 0.6 is 7.60 Å². The second-order valence-electron chi connectivity index (χ2n) is 3.35. The predicted molar refractivity (Wildman–Crippen MR) is 48.9 cm³/mol. The van der Waals surface area contributed by atoms with Gasteiger partial charge < -0.3 is 19.5 Å².